The van der Waals surface area contributed by atoms with Crippen molar-refractivity contribution >= 4 is 22.6 Å². The molecule has 114 valence electrons. The van der Waals surface area contributed by atoms with E-state index in [1.807, 2.05) is 42.5 Å². The van der Waals surface area contributed by atoms with Crippen molar-refractivity contribution in [3.8, 4) is 0 Å². The van der Waals surface area contributed by atoms with Crippen LogP contribution in [-0.4, -0.2) is 36.5 Å². The van der Waals surface area contributed by atoms with Crippen molar-refractivity contribution in [1.82, 2.24) is 4.90 Å². The summed E-state index contributed by atoms with van der Waals surface area (Å²) in [5.41, 5.74) is 0.704. The number of methoxy groups -OCH3 is 1. The minimum Gasteiger partial charge on any atom is -0.453 e. The predicted molar refractivity (Wildman–Crippen MR) is 85.0 cm³/mol. The third-order valence-electron chi connectivity index (χ3n) is 4.28. The molecule has 2 aromatic rings. The molecular formula is C18H19NO3. The first kappa shape index (κ1) is 14.6. The average molecular weight is 297 g/mol. The van der Waals surface area contributed by atoms with Gasteiger partial charge in [-0.2, -0.15) is 0 Å². The van der Waals surface area contributed by atoms with Gasteiger partial charge in [0.15, 0.2) is 5.78 Å². The molecule has 0 radical (unpaired) electrons. The number of carbonyl (C=O) groups excluding carboxylic acids is 2. The Balaban J connectivity index is 1.76. The van der Waals surface area contributed by atoms with Gasteiger partial charge in [-0.25, -0.2) is 4.79 Å². The van der Waals surface area contributed by atoms with Crippen LogP contribution in [0.5, 0.6) is 0 Å². The number of ketones is 1. The fourth-order valence-electron chi connectivity index (χ4n) is 3.10. The molecule has 3 rings (SSSR count). The average Bonchev–Trinajstić information content (AvgIpc) is 3.01. The Hall–Kier alpha value is -2.36. The van der Waals surface area contributed by atoms with Gasteiger partial charge in [0.2, 0.25) is 0 Å². The number of benzene rings is 2. The van der Waals surface area contributed by atoms with Crippen LogP contribution in [0.4, 0.5) is 4.79 Å². The van der Waals surface area contributed by atoms with Crippen LogP contribution in [-0.2, 0) is 4.74 Å². The second-order valence-electron chi connectivity index (χ2n) is 5.65. The number of amides is 1. The molecule has 0 spiro atoms. The lowest BCUT2D eigenvalue weighted by Crippen LogP contribution is -2.36. The van der Waals surface area contributed by atoms with E-state index in [0.717, 1.165) is 23.6 Å². The van der Waals surface area contributed by atoms with Crippen LogP contribution in [0.1, 0.15) is 29.6 Å². The Labute approximate surface area is 129 Å². The van der Waals surface area contributed by atoms with Crippen molar-refractivity contribution < 1.29 is 14.3 Å². The summed E-state index contributed by atoms with van der Waals surface area (Å²) in [5, 5.41) is 2.18. The van der Waals surface area contributed by atoms with E-state index in [-0.39, 0.29) is 17.9 Å². The Kier molecular flexibility index (Phi) is 4.09. The number of fused-ring (bicyclic) bond motifs is 1. The second kappa shape index (κ2) is 6.18. The number of hydrogen-bond acceptors (Lipinski definition) is 3. The van der Waals surface area contributed by atoms with Gasteiger partial charge < -0.3 is 9.64 Å². The van der Waals surface area contributed by atoms with Crippen LogP contribution in [0.15, 0.2) is 42.5 Å². The highest BCUT2D eigenvalue weighted by Gasteiger charge is 2.31. The topological polar surface area (TPSA) is 46.6 Å². The molecule has 22 heavy (non-hydrogen) atoms. The maximum absolute atomic E-state index is 12.5. The molecule has 1 heterocycles. The molecule has 4 nitrogen and oxygen atoms in total. The molecule has 1 unspecified atom stereocenters. The third kappa shape index (κ3) is 2.82. The molecule has 0 bridgehead atoms. The van der Waals surface area contributed by atoms with Crippen LogP contribution >= 0.6 is 0 Å². The van der Waals surface area contributed by atoms with E-state index in [2.05, 4.69) is 0 Å². The Morgan fingerprint density at radius 2 is 1.95 bits per heavy atom. The molecule has 0 aliphatic carbocycles. The van der Waals surface area contributed by atoms with Crippen LogP contribution in [0.2, 0.25) is 0 Å². The quantitative estimate of drug-likeness (QED) is 0.813. The predicted octanol–water partition coefficient (Wildman–Crippen LogP) is 3.64. The zero-order valence-corrected chi connectivity index (χ0v) is 12.6. The number of hydrogen-bond donors (Lipinski definition) is 0. The highest BCUT2D eigenvalue weighted by Crippen LogP contribution is 2.24. The first-order valence-corrected chi connectivity index (χ1v) is 7.55. The summed E-state index contributed by atoms with van der Waals surface area (Å²) in [4.78, 5) is 25.9. The van der Waals surface area contributed by atoms with E-state index >= 15 is 0 Å². The van der Waals surface area contributed by atoms with E-state index in [9.17, 15) is 9.59 Å². The first-order chi connectivity index (χ1) is 10.7. The number of ether oxygens (including phenoxy) is 1. The molecule has 0 aromatic heterocycles. The molecule has 0 saturated carbocycles. The fraction of sp³-hybridized carbons (Fsp3) is 0.333. The lowest BCUT2D eigenvalue weighted by molar-refractivity contribution is 0.0914. The number of carbonyl (C=O) groups is 2. The summed E-state index contributed by atoms with van der Waals surface area (Å²) < 4.78 is 4.79. The third-order valence-corrected chi connectivity index (χ3v) is 4.28. The lowest BCUT2D eigenvalue weighted by Gasteiger charge is -2.22. The van der Waals surface area contributed by atoms with Crippen molar-refractivity contribution in [2.24, 2.45) is 0 Å². The lowest BCUT2D eigenvalue weighted by atomic mass is 9.99. The summed E-state index contributed by atoms with van der Waals surface area (Å²) >= 11 is 0. The molecule has 1 amide bonds. The molecule has 1 fully saturated rings. The number of rotatable bonds is 3. The standard InChI is InChI=1S/C18H19NO3/c1-22-18(21)19-10-4-7-16(19)12-17(20)15-9-8-13-5-2-3-6-14(13)11-15/h2-3,5-6,8-9,11,16H,4,7,10,12H2,1H3. The minimum absolute atomic E-state index is 0.0496. The van der Waals surface area contributed by atoms with Crippen LogP contribution in [0.25, 0.3) is 10.8 Å². The Morgan fingerprint density at radius 1 is 1.18 bits per heavy atom. The van der Waals surface area contributed by atoms with Crippen LogP contribution in [0.3, 0.4) is 0 Å². The van der Waals surface area contributed by atoms with E-state index in [1.54, 1.807) is 4.90 Å². The number of nitrogens with zero attached hydrogens (tertiary/aromatic N) is 1. The summed E-state index contributed by atoms with van der Waals surface area (Å²) in [5.74, 6) is 0.0755. The van der Waals surface area contributed by atoms with Crippen molar-refractivity contribution in [3.63, 3.8) is 0 Å². The molecule has 1 aliphatic rings. The molecule has 4 heteroatoms. The van der Waals surface area contributed by atoms with Gasteiger partial charge in [0.1, 0.15) is 0 Å². The SMILES string of the molecule is COC(=O)N1CCCC1CC(=O)c1ccc2ccccc2c1. The van der Waals surface area contributed by atoms with Gasteiger partial charge in [-0.3, -0.25) is 4.79 Å². The van der Waals surface area contributed by atoms with Gasteiger partial charge in [0, 0.05) is 24.6 Å². The molecule has 1 saturated heterocycles. The van der Waals surface area contributed by atoms with Crippen molar-refractivity contribution in [2.45, 2.75) is 25.3 Å². The molecule has 0 N–H and O–H groups in total. The van der Waals surface area contributed by atoms with E-state index < -0.39 is 0 Å². The highest BCUT2D eigenvalue weighted by atomic mass is 16.5. The zero-order valence-electron chi connectivity index (χ0n) is 12.6. The summed E-state index contributed by atoms with van der Waals surface area (Å²) in [7, 11) is 1.38. The molecule has 2 aromatic carbocycles. The van der Waals surface area contributed by atoms with Gasteiger partial charge in [0.05, 0.1) is 7.11 Å². The maximum Gasteiger partial charge on any atom is 0.409 e. The summed E-state index contributed by atoms with van der Waals surface area (Å²) in [6, 6.07) is 13.7. The molecule has 1 atom stereocenters. The maximum atomic E-state index is 12.5. The van der Waals surface area contributed by atoms with Gasteiger partial charge in [0.25, 0.3) is 0 Å². The van der Waals surface area contributed by atoms with Gasteiger partial charge in [-0.05, 0) is 29.7 Å². The van der Waals surface area contributed by atoms with Gasteiger partial charge >= 0.3 is 6.09 Å². The smallest absolute Gasteiger partial charge is 0.409 e. The van der Waals surface area contributed by atoms with E-state index in [4.69, 9.17) is 4.74 Å². The molecular weight excluding hydrogens is 278 g/mol. The Bertz CT molecular complexity index is 710. The number of Topliss-reactive ketones (excluding diaryl/α,β-unsaturated/α-hetero) is 1. The Morgan fingerprint density at radius 3 is 2.73 bits per heavy atom. The van der Waals surface area contributed by atoms with Crippen LogP contribution < -0.4 is 0 Å². The van der Waals surface area contributed by atoms with Gasteiger partial charge in [-0.15, -0.1) is 0 Å². The van der Waals surface area contributed by atoms with E-state index in [1.165, 1.54) is 7.11 Å². The van der Waals surface area contributed by atoms with Crippen molar-refractivity contribution in [3.05, 3.63) is 48.0 Å². The minimum atomic E-state index is -0.339. The molecule has 1 aliphatic heterocycles. The fourth-order valence-corrected chi connectivity index (χ4v) is 3.10. The summed E-state index contributed by atoms with van der Waals surface area (Å²) in [6.45, 7) is 0.669. The van der Waals surface area contributed by atoms with Crippen LogP contribution in [0, 0.1) is 0 Å². The summed E-state index contributed by atoms with van der Waals surface area (Å²) in [6.07, 6.45) is 1.79. The first-order valence-electron chi connectivity index (χ1n) is 7.55. The largest absolute Gasteiger partial charge is 0.453 e. The van der Waals surface area contributed by atoms with Crippen molar-refractivity contribution in [1.29, 1.82) is 0 Å². The normalized spacial score (nSPS) is 17.7. The highest BCUT2D eigenvalue weighted by molar-refractivity contribution is 6.00. The van der Waals surface area contributed by atoms with Crippen molar-refractivity contribution in [2.75, 3.05) is 13.7 Å². The number of likely N-dealkylation sites (tertiary alicyclic amines) is 1. The monoisotopic (exact) mass is 297 g/mol. The van der Waals surface area contributed by atoms with E-state index in [0.29, 0.717) is 18.5 Å². The zero-order chi connectivity index (χ0) is 15.5. The van der Waals surface area contributed by atoms with Gasteiger partial charge in [-0.1, -0.05) is 36.4 Å². The second-order valence-corrected chi connectivity index (χ2v) is 5.65.